The maximum Gasteiger partial charge on any atom is 0.291 e. The number of aromatic hydroxyl groups is 1. The zero-order valence-electron chi connectivity index (χ0n) is 20.0. The van der Waals surface area contributed by atoms with Crippen molar-refractivity contribution in [2.24, 2.45) is 0 Å². The Bertz CT molecular complexity index is 1540. The first-order valence-electron chi connectivity index (χ1n) is 11.5. The van der Waals surface area contributed by atoms with Crippen LogP contribution in [0.1, 0.15) is 45.8 Å². The van der Waals surface area contributed by atoms with Crippen molar-refractivity contribution < 1.29 is 23.8 Å². The highest BCUT2D eigenvalue weighted by Gasteiger charge is 2.43. The van der Waals surface area contributed by atoms with Crippen LogP contribution in [0.3, 0.4) is 0 Å². The number of aryl methyl sites for hydroxylation is 1. The lowest BCUT2D eigenvalue weighted by Crippen LogP contribution is -2.29. The summed E-state index contributed by atoms with van der Waals surface area (Å²) in [5.41, 5.74) is 2.41. The molecule has 1 aliphatic rings. The number of amides is 1. The van der Waals surface area contributed by atoms with Crippen molar-refractivity contribution in [3.8, 4) is 17.2 Å². The van der Waals surface area contributed by atoms with E-state index in [2.05, 4.69) is 0 Å². The molecule has 36 heavy (non-hydrogen) atoms. The number of rotatable bonds is 6. The lowest BCUT2D eigenvalue weighted by atomic mass is 9.97. The number of benzene rings is 3. The van der Waals surface area contributed by atoms with Crippen LogP contribution in [-0.4, -0.2) is 29.6 Å². The molecule has 3 aromatic carbocycles. The Labute approximate surface area is 212 Å². The molecular formula is C28H24ClNO6. The average Bonchev–Trinajstić information content (AvgIpc) is 3.14. The predicted octanol–water partition coefficient (Wildman–Crippen LogP) is 5.61. The fourth-order valence-corrected chi connectivity index (χ4v) is 4.71. The summed E-state index contributed by atoms with van der Waals surface area (Å²) in [5.74, 6) is 0.535. The van der Waals surface area contributed by atoms with Gasteiger partial charge >= 0.3 is 0 Å². The SMILES string of the molecule is CCOc1cc(C2c3c(oc4cc(C)c(Cl)cc4c3=O)C(=O)N2Cc2ccc(OC)cc2)ccc1O. The molecule has 0 saturated carbocycles. The second kappa shape index (κ2) is 9.24. The number of carbonyl (C=O) groups is 1. The lowest BCUT2D eigenvalue weighted by molar-refractivity contribution is 0.0714. The molecule has 1 N–H and O–H groups in total. The van der Waals surface area contributed by atoms with Gasteiger partial charge in [-0.05, 0) is 66.9 Å². The topological polar surface area (TPSA) is 89.2 Å². The van der Waals surface area contributed by atoms with E-state index in [0.717, 1.165) is 11.1 Å². The molecule has 0 aliphatic carbocycles. The van der Waals surface area contributed by atoms with Crippen molar-refractivity contribution in [1.82, 2.24) is 4.90 Å². The quantitative estimate of drug-likeness (QED) is 0.366. The molecule has 0 bridgehead atoms. The lowest BCUT2D eigenvalue weighted by Gasteiger charge is -2.26. The van der Waals surface area contributed by atoms with Crippen molar-refractivity contribution in [3.05, 3.63) is 97.9 Å². The van der Waals surface area contributed by atoms with Gasteiger partial charge in [0, 0.05) is 11.6 Å². The third-order valence-corrected chi connectivity index (χ3v) is 6.77. The number of fused-ring (bicyclic) bond motifs is 2. The van der Waals surface area contributed by atoms with Gasteiger partial charge in [0.2, 0.25) is 5.76 Å². The summed E-state index contributed by atoms with van der Waals surface area (Å²) in [4.78, 5) is 29.1. The first-order chi connectivity index (χ1) is 17.3. The standard InChI is InChI=1S/C28H24ClNO6/c1-4-35-23-12-17(7-10-21(23)31)25-24-26(32)19-13-20(29)15(2)11-22(19)36-27(24)28(33)30(25)14-16-5-8-18(34-3)9-6-16/h5-13,25,31H,4,14H2,1-3H3. The van der Waals surface area contributed by atoms with E-state index in [9.17, 15) is 14.7 Å². The van der Waals surface area contributed by atoms with Crippen LogP contribution in [0.4, 0.5) is 0 Å². The zero-order valence-corrected chi connectivity index (χ0v) is 20.8. The molecule has 0 spiro atoms. The van der Waals surface area contributed by atoms with Crippen LogP contribution in [-0.2, 0) is 6.54 Å². The molecule has 1 amide bonds. The summed E-state index contributed by atoms with van der Waals surface area (Å²) in [6, 6.07) is 14.7. The molecular weight excluding hydrogens is 482 g/mol. The zero-order chi connectivity index (χ0) is 25.6. The van der Waals surface area contributed by atoms with Crippen LogP contribution in [0.2, 0.25) is 5.02 Å². The van der Waals surface area contributed by atoms with E-state index in [1.165, 1.54) is 6.07 Å². The van der Waals surface area contributed by atoms with Crippen molar-refractivity contribution in [3.63, 3.8) is 0 Å². The Balaban J connectivity index is 1.71. The van der Waals surface area contributed by atoms with Gasteiger partial charge in [-0.1, -0.05) is 29.8 Å². The van der Waals surface area contributed by atoms with E-state index in [-0.39, 0.29) is 34.8 Å². The van der Waals surface area contributed by atoms with Crippen molar-refractivity contribution in [2.75, 3.05) is 13.7 Å². The largest absolute Gasteiger partial charge is 0.504 e. The van der Waals surface area contributed by atoms with Crippen LogP contribution in [0.15, 0.2) is 63.8 Å². The fourth-order valence-electron chi connectivity index (χ4n) is 4.55. The number of halogens is 1. The number of hydrogen-bond donors (Lipinski definition) is 1. The molecule has 0 fully saturated rings. The van der Waals surface area contributed by atoms with Crippen LogP contribution in [0, 0.1) is 6.92 Å². The highest BCUT2D eigenvalue weighted by Crippen LogP contribution is 2.42. The maximum atomic E-state index is 13.8. The number of hydrogen-bond acceptors (Lipinski definition) is 6. The summed E-state index contributed by atoms with van der Waals surface area (Å²) < 4.78 is 16.9. The van der Waals surface area contributed by atoms with Gasteiger partial charge in [-0.3, -0.25) is 9.59 Å². The summed E-state index contributed by atoms with van der Waals surface area (Å²) >= 11 is 6.31. The monoisotopic (exact) mass is 505 g/mol. The predicted molar refractivity (Wildman–Crippen MR) is 136 cm³/mol. The molecule has 8 heteroatoms. The molecule has 7 nitrogen and oxygen atoms in total. The number of phenolic OH excluding ortho intramolecular Hbond substituents is 1. The Morgan fingerprint density at radius 1 is 1.08 bits per heavy atom. The molecule has 184 valence electrons. The van der Waals surface area contributed by atoms with Crippen LogP contribution < -0.4 is 14.9 Å². The van der Waals surface area contributed by atoms with E-state index in [1.54, 1.807) is 43.2 Å². The molecule has 0 radical (unpaired) electrons. The highest BCUT2D eigenvalue weighted by atomic mass is 35.5. The van der Waals surface area contributed by atoms with Gasteiger partial charge < -0.3 is 23.9 Å². The summed E-state index contributed by atoms with van der Waals surface area (Å²) in [7, 11) is 1.59. The number of carbonyl (C=O) groups excluding carboxylic acids is 1. The number of phenols is 1. The molecule has 4 aromatic rings. The third-order valence-electron chi connectivity index (χ3n) is 6.36. The van der Waals surface area contributed by atoms with E-state index in [1.807, 2.05) is 31.2 Å². The van der Waals surface area contributed by atoms with E-state index in [0.29, 0.717) is 33.9 Å². The van der Waals surface area contributed by atoms with Crippen LogP contribution >= 0.6 is 11.6 Å². The van der Waals surface area contributed by atoms with Crippen LogP contribution in [0.25, 0.3) is 11.0 Å². The van der Waals surface area contributed by atoms with Gasteiger partial charge in [0.05, 0.1) is 30.7 Å². The molecule has 1 atom stereocenters. The number of methoxy groups -OCH3 is 1. The Hall–Kier alpha value is -3.97. The minimum Gasteiger partial charge on any atom is -0.504 e. The fraction of sp³-hybridized carbons (Fsp3) is 0.214. The third kappa shape index (κ3) is 3.95. The maximum absolute atomic E-state index is 13.8. The first-order valence-corrected chi connectivity index (χ1v) is 11.9. The smallest absolute Gasteiger partial charge is 0.291 e. The number of ether oxygens (including phenoxy) is 2. The van der Waals surface area contributed by atoms with E-state index >= 15 is 0 Å². The van der Waals surface area contributed by atoms with Gasteiger partial charge in [-0.15, -0.1) is 0 Å². The molecule has 1 aliphatic heterocycles. The molecule has 0 saturated heterocycles. The van der Waals surface area contributed by atoms with Crippen LogP contribution in [0.5, 0.6) is 17.2 Å². The van der Waals surface area contributed by atoms with Gasteiger partial charge in [0.1, 0.15) is 11.3 Å². The van der Waals surface area contributed by atoms with Gasteiger partial charge in [-0.25, -0.2) is 0 Å². The highest BCUT2D eigenvalue weighted by molar-refractivity contribution is 6.32. The molecule has 5 rings (SSSR count). The second-order valence-corrected chi connectivity index (χ2v) is 9.02. The summed E-state index contributed by atoms with van der Waals surface area (Å²) in [6.45, 7) is 4.18. The first kappa shape index (κ1) is 23.8. The van der Waals surface area contributed by atoms with Crippen molar-refractivity contribution >= 4 is 28.5 Å². The minimum atomic E-state index is -0.755. The molecule has 2 heterocycles. The van der Waals surface area contributed by atoms with Gasteiger partial charge in [0.25, 0.3) is 5.91 Å². The summed E-state index contributed by atoms with van der Waals surface area (Å²) in [5, 5.41) is 11.0. The van der Waals surface area contributed by atoms with Gasteiger partial charge in [0.15, 0.2) is 16.9 Å². The van der Waals surface area contributed by atoms with Gasteiger partial charge in [-0.2, -0.15) is 0 Å². The van der Waals surface area contributed by atoms with E-state index < -0.39 is 11.9 Å². The second-order valence-electron chi connectivity index (χ2n) is 8.62. The molecule has 1 unspecified atom stereocenters. The summed E-state index contributed by atoms with van der Waals surface area (Å²) in [6.07, 6.45) is 0. The molecule has 1 aromatic heterocycles. The Morgan fingerprint density at radius 3 is 2.53 bits per heavy atom. The Kier molecular flexibility index (Phi) is 6.10. The van der Waals surface area contributed by atoms with E-state index in [4.69, 9.17) is 25.5 Å². The number of nitrogens with zero attached hydrogens (tertiary/aromatic N) is 1. The Morgan fingerprint density at radius 2 is 1.83 bits per heavy atom. The normalized spacial score (nSPS) is 14.8. The minimum absolute atomic E-state index is 0.00114. The van der Waals surface area contributed by atoms with Crippen molar-refractivity contribution in [1.29, 1.82) is 0 Å². The average molecular weight is 506 g/mol. The van der Waals surface area contributed by atoms with Crippen molar-refractivity contribution in [2.45, 2.75) is 26.4 Å².